The number of nitrogens with two attached hydrogens (primary N) is 1. The van der Waals surface area contributed by atoms with Crippen molar-refractivity contribution in [3.05, 3.63) is 89.5 Å². The summed E-state index contributed by atoms with van der Waals surface area (Å²) < 4.78 is 0. The molecule has 3 aromatic rings. The van der Waals surface area contributed by atoms with Gasteiger partial charge in [0.1, 0.15) is 0 Å². The van der Waals surface area contributed by atoms with Gasteiger partial charge in [-0.05, 0) is 85.7 Å². The number of fused-ring (bicyclic) bond motifs is 1. The second kappa shape index (κ2) is 9.04. The molecule has 0 aromatic heterocycles. The zero-order valence-corrected chi connectivity index (χ0v) is 17.7. The van der Waals surface area contributed by atoms with Crippen LogP contribution in [0.3, 0.4) is 0 Å². The Morgan fingerprint density at radius 1 is 0.871 bits per heavy atom. The molecule has 1 aliphatic rings. The second-order valence-electron chi connectivity index (χ2n) is 8.00. The van der Waals surface area contributed by atoms with E-state index in [1.54, 1.807) is 36.4 Å². The van der Waals surface area contributed by atoms with Gasteiger partial charge in [-0.25, -0.2) is 0 Å². The highest BCUT2D eigenvalue weighted by Gasteiger charge is 2.26. The maximum absolute atomic E-state index is 13.2. The molecule has 3 N–H and O–H groups in total. The van der Waals surface area contributed by atoms with Gasteiger partial charge >= 0.3 is 11.8 Å². The van der Waals surface area contributed by atoms with Gasteiger partial charge in [0.05, 0.1) is 6.04 Å². The summed E-state index contributed by atoms with van der Waals surface area (Å²) >= 11 is 0. The molecule has 0 spiro atoms. The quantitative estimate of drug-likeness (QED) is 0.481. The third-order valence-corrected chi connectivity index (χ3v) is 5.78. The molecule has 1 atom stereocenters. The van der Waals surface area contributed by atoms with Crippen LogP contribution in [0.1, 0.15) is 42.5 Å². The molecule has 0 heterocycles. The number of amides is 2. The monoisotopic (exact) mass is 413 g/mol. The van der Waals surface area contributed by atoms with Crippen molar-refractivity contribution in [2.24, 2.45) is 0 Å². The normalized spacial score (nSPS) is 13.7. The fourth-order valence-electron chi connectivity index (χ4n) is 4.05. The van der Waals surface area contributed by atoms with Crippen LogP contribution in [0.4, 0.5) is 17.1 Å². The lowest BCUT2D eigenvalue weighted by Gasteiger charge is -2.24. The van der Waals surface area contributed by atoms with Crippen LogP contribution in [-0.4, -0.2) is 11.8 Å². The minimum Gasteiger partial charge on any atom is -0.399 e. The zero-order chi connectivity index (χ0) is 21.8. The molecule has 5 heteroatoms. The predicted octanol–water partition coefficient (Wildman–Crippen LogP) is 4.69. The van der Waals surface area contributed by atoms with Crippen LogP contribution in [-0.2, 0) is 22.4 Å². The first-order valence-corrected chi connectivity index (χ1v) is 10.7. The number of benzene rings is 3. The SMILES string of the molecule is CC(NC(=O)C(=O)N(c1ccccc1)c1ccc(N)cc1)c1ccc2c(c1)CCCC2. The van der Waals surface area contributed by atoms with E-state index in [9.17, 15) is 9.59 Å². The van der Waals surface area contributed by atoms with E-state index in [1.807, 2.05) is 25.1 Å². The van der Waals surface area contributed by atoms with Crippen molar-refractivity contribution >= 4 is 28.9 Å². The topological polar surface area (TPSA) is 75.4 Å². The average molecular weight is 414 g/mol. The average Bonchev–Trinajstić information content (AvgIpc) is 2.80. The first-order chi connectivity index (χ1) is 15.0. The fraction of sp³-hybridized carbons (Fsp3) is 0.231. The molecule has 0 aliphatic heterocycles. The van der Waals surface area contributed by atoms with E-state index in [-0.39, 0.29) is 6.04 Å². The number of anilines is 3. The third-order valence-electron chi connectivity index (χ3n) is 5.78. The van der Waals surface area contributed by atoms with Gasteiger partial charge in [-0.1, -0.05) is 36.4 Å². The summed E-state index contributed by atoms with van der Waals surface area (Å²) in [5.41, 5.74) is 11.4. The lowest BCUT2D eigenvalue weighted by Crippen LogP contribution is -2.41. The molecule has 0 radical (unpaired) electrons. The molecular formula is C26H27N3O2. The lowest BCUT2D eigenvalue weighted by molar-refractivity contribution is -0.137. The Kier molecular flexibility index (Phi) is 6.03. The Balaban J connectivity index is 1.55. The van der Waals surface area contributed by atoms with E-state index in [2.05, 4.69) is 23.5 Å². The van der Waals surface area contributed by atoms with E-state index in [1.165, 1.54) is 28.9 Å². The maximum atomic E-state index is 13.2. The van der Waals surface area contributed by atoms with E-state index in [0.717, 1.165) is 18.4 Å². The number of aryl methyl sites for hydroxylation is 2. The van der Waals surface area contributed by atoms with Crippen LogP contribution in [0.2, 0.25) is 0 Å². The number of carbonyl (C=O) groups is 2. The van der Waals surface area contributed by atoms with Gasteiger partial charge in [0.2, 0.25) is 0 Å². The van der Waals surface area contributed by atoms with Crippen molar-refractivity contribution in [3.63, 3.8) is 0 Å². The van der Waals surface area contributed by atoms with Gasteiger partial charge in [0.15, 0.2) is 0 Å². The molecule has 5 nitrogen and oxygen atoms in total. The number of carbonyl (C=O) groups excluding carboxylic acids is 2. The summed E-state index contributed by atoms with van der Waals surface area (Å²) in [5.74, 6) is -1.29. The number of nitrogen functional groups attached to an aromatic ring is 1. The number of rotatable bonds is 4. The van der Waals surface area contributed by atoms with Crippen LogP contribution >= 0.6 is 0 Å². The van der Waals surface area contributed by atoms with Crippen molar-refractivity contribution in [3.8, 4) is 0 Å². The van der Waals surface area contributed by atoms with Crippen molar-refractivity contribution in [2.45, 2.75) is 38.6 Å². The molecule has 158 valence electrons. The first kappa shape index (κ1) is 20.7. The minimum atomic E-state index is -0.647. The number of nitrogens with one attached hydrogen (secondary N) is 1. The zero-order valence-electron chi connectivity index (χ0n) is 17.7. The standard InChI is InChI=1S/C26H27N3O2/c1-18(20-12-11-19-7-5-6-8-21(19)17-20)28-25(30)26(31)29(23-9-3-2-4-10-23)24-15-13-22(27)14-16-24/h2-4,9-18H,5-8,27H2,1H3,(H,28,30). The highest BCUT2D eigenvalue weighted by Crippen LogP contribution is 2.27. The summed E-state index contributed by atoms with van der Waals surface area (Å²) in [5, 5.41) is 2.88. The molecule has 4 rings (SSSR count). The van der Waals surface area contributed by atoms with Crippen molar-refractivity contribution in [2.75, 3.05) is 10.6 Å². The van der Waals surface area contributed by atoms with Crippen molar-refractivity contribution in [1.29, 1.82) is 0 Å². The molecule has 3 aromatic carbocycles. The smallest absolute Gasteiger partial charge is 0.320 e. The Bertz CT molecular complexity index is 1080. The maximum Gasteiger partial charge on any atom is 0.320 e. The fourth-order valence-corrected chi connectivity index (χ4v) is 4.05. The largest absolute Gasteiger partial charge is 0.399 e. The van der Waals surface area contributed by atoms with Gasteiger partial charge in [0, 0.05) is 17.1 Å². The summed E-state index contributed by atoms with van der Waals surface area (Å²) in [6, 6.07) is 22.1. The molecule has 1 aliphatic carbocycles. The Hall–Kier alpha value is -3.60. The lowest BCUT2D eigenvalue weighted by atomic mass is 9.89. The molecule has 0 bridgehead atoms. The van der Waals surface area contributed by atoms with Crippen LogP contribution in [0.25, 0.3) is 0 Å². The van der Waals surface area contributed by atoms with Crippen LogP contribution < -0.4 is 16.0 Å². The van der Waals surface area contributed by atoms with Crippen LogP contribution in [0.15, 0.2) is 72.8 Å². The number of hydrogen-bond acceptors (Lipinski definition) is 3. The van der Waals surface area contributed by atoms with Crippen LogP contribution in [0.5, 0.6) is 0 Å². The molecule has 1 unspecified atom stereocenters. The summed E-state index contributed by atoms with van der Waals surface area (Å²) in [7, 11) is 0. The molecule has 31 heavy (non-hydrogen) atoms. The Labute approximate surface area is 182 Å². The molecule has 0 saturated carbocycles. The first-order valence-electron chi connectivity index (χ1n) is 10.7. The predicted molar refractivity (Wildman–Crippen MR) is 124 cm³/mol. The van der Waals surface area contributed by atoms with Crippen molar-refractivity contribution < 1.29 is 9.59 Å². The molecule has 0 saturated heterocycles. The van der Waals surface area contributed by atoms with Gasteiger partial charge in [0.25, 0.3) is 0 Å². The summed E-state index contributed by atoms with van der Waals surface area (Å²) in [6.07, 6.45) is 4.61. The van der Waals surface area contributed by atoms with E-state index in [4.69, 9.17) is 5.73 Å². The Morgan fingerprint density at radius 2 is 1.52 bits per heavy atom. The summed E-state index contributed by atoms with van der Waals surface area (Å²) in [6.45, 7) is 1.91. The van der Waals surface area contributed by atoms with E-state index < -0.39 is 11.8 Å². The van der Waals surface area contributed by atoms with Gasteiger partial charge < -0.3 is 11.1 Å². The number of hydrogen-bond donors (Lipinski definition) is 2. The van der Waals surface area contributed by atoms with Gasteiger partial charge in [-0.2, -0.15) is 0 Å². The molecule has 2 amide bonds. The van der Waals surface area contributed by atoms with E-state index >= 15 is 0 Å². The highest BCUT2D eigenvalue weighted by atomic mass is 16.2. The van der Waals surface area contributed by atoms with E-state index in [0.29, 0.717) is 17.1 Å². The third kappa shape index (κ3) is 4.61. The summed E-state index contributed by atoms with van der Waals surface area (Å²) in [4.78, 5) is 27.6. The molecule has 0 fully saturated rings. The van der Waals surface area contributed by atoms with Gasteiger partial charge in [-0.3, -0.25) is 14.5 Å². The highest BCUT2D eigenvalue weighted by molar-refractivity contribution is 6.42. The van der Waals surface area contributed by atoms with Crippen molar-refractivity contribution in [1.82, 2.24) is 5.32 Å². The van der Waals surface area contributed by atoms with Gasteiger partial charge in [-0.15, -0.1) is 0 Å². The number of para-hydroxylation sites is 1. The second-order valence-corrected chi connectivity index (χ2v) is 8.00. The van der Waals surface area contributed by atoms with Crippen LogP contribution in [0, 0.1) is 0 Å². The molecular weight excluding hydrogens is 386 g/mol. The number of nitrogens with zero attached hydrogens (tertiary/aromatic N) is 1. The Morgan fingerprint density at radius 3 is 2.23 bits per heavy atom. The minimum absolute atomic E-state index is 0.271.